The fourth-order valence-corrected chi connectivity index (χ4v) is 18.7. The maximum atomic E-state index is 16.1. The second-order valence-electron chi connectivity index (χ2n) is 22.3. The van der Waals surface area contributed by atoms with E-state index >= 15 is 9.13 Å². The fraction of sp³-hybridized carbons (Fsp3) is 0. The molecule has 8 nitrogen and oxygen atoms in total. The summed E-state index contributed by atoms with van der Waals surface area (Å²) >= 11 is 0. The molecule has 0 atom stereocenters. The van der Waals surface area contributed by atoms with Gasteiger partial charge in [-0.3, -0.25) is 0 Å². The van der Waals surface area contributed by atoms with Crippen molar-refractivity contribution in [3.8, 4) is 140 Å². The molecule has 6 aliphatic heterocycles. The van der Waals surface area contributed by atoms with Gasteiger partial charge in [0.2, 0.25) is 0 Å². The molecule has 0 aliphatic carbocycles. The van der Waals surface area contributed by atoms with E-state index < -0.39 is 14.3 Å². The van der Waals surface area contributed by atoms with Crippen molar-refractivity contribution in [3.63, 3.8) is 0 Å². The summed E-state index contributed by atoms with van der Waals surface area (Å²) in [7, 11) is -7.26. The van der Waals surface area contributed by atoms with Crippen molar-refractivity contribution in [2.24, 2.45) is 0 Å². The zero-order valence-electron chi connectivity index (χ0n) is 49.4. The van der Waals surface area contributed by atoms with Gasteiger partial charge in [-0.1, -0.05) is 180 Å². The molecule has 0 fully saturated rings. The molecular formula is C84H42O8P2. The molecule has 0 saturated heterocycles. The van der Waals surface area contributed by atoms with Crippen LogP contribution in [0.5, 0.6) is 69.0 Å². The van der Waals surface area contributed by atoms with Crippen LogP contribution in [-0.4, -0.2) is 0 Å². The lowest BCUT2D eigenvalue weighted by atomic mass is 10.1. The summed E-state index contributed by atoms with van der Waals surface area (Å²) in [5.41, 5.74) is 8.85. The summed E-state index contributed by atoms with van der Waals surface area (Å²) in [6, 6.07) is 80.4. The molecule has 0 radical (unpaired) electrons. The topological polar surface area (TPSA) is 89.5 Å². The van der Waals surface area contributed by atoms with Gasteiger partial charge in [-0.05, 0) is 146 Å². The minimum atomic E-state index is -3.63. The Morgan fingerprint density at radius 1 is 0.181 bits per heavy atom. The van der Waals surface area contributed by atoms with Crippen LogP contribution in [0.4, 0.5) is 0 Å². The summed E-state index contributed by atoms with van der Waals surface area (Å²) in [6.45, 7) is 0. The van der Waals surface area contributed by atoms with Crippen molar-refractivity contribution in [2.75, 3.05) is 0 Å². The normalized spacial score (nSPS) is 12.9. The Morgan fingerprint density at radius 2 is 0.330 bits per heavy atom. The smallest absolute Gasteiger partial charge is 0.193 e. The third-order valence-electron chi connectivity index (χ3n) is 16.4. The van der Waals surface area contributed by atoms with Crippen LogP contribution in [0.1, 0.15) is 66.8 Å². The first-order chi connectivity index (χ1) is 46.3. The van der Waals surface area contributed by atoms with Crippen LogP contribution in [0.2, 0.25) is 0 Å². The summed E-state index contributed by atoms with van der Waals surface area (Å²) in [6.07, 6.45) is 0. The Hall–Kier alpha value is -12.7. The molecule has 10 heteroatoms. The summed E-state index contributed by atoms with van der Waals surface area (Å²) < 4.78 is 71.7. The van der Waals surface area contributed by atoms with E-state index in [4.69, 9.17) is 28.4 Å². The molecular weight excluding hydrogens is 1200 g/mol. The van der Waals surface area contributed by atoms with Crippen LogP contribution in [0.15, 0.2) is 255 Å². The minimum absolute atomic E-state index is 0.426. The molecule has 0 unspecified atom stereocenters. The van der Waals surface area contributed by atoms with Gasteiger partial charge in [-0.15, -0.1) is 0 Å². The van der Waals surface area contributed by atoms with Gasteiger partial charge in [-0.25, -0.2) is 0 Å². The van der Waals surface area contributed by atoms with Crippen molar-refractivity contribution in [1.29, 1.82) is 0 Å². The molecule has 12 aromatic carbocycles. The minimum Gasteiger partial charge on any atom is -0.454 e. The molecule has 6 heterocycles. The average molecular weight is 1240 g/mol. The van der Waals surface area contributed by atoms with Gasteiger partial charge in [0.1, 0.15) is 66.3 Å². The first-order valence-electron chi connectivity index (χ1n) is 30.1. The zero-order valence-corrected chi connectivity index (χ0v) is 51.2. The van der Waals surface area contributed by atoms with Crippen molar-refractivity contribution in [1.82, 2.24) is 0 Å². The monoisotopic (exact) mass is 1240 g/mol. The third-order valence-corrected chi connectivity index (χ3v) is 22.7. The Bertz CT molecular complexity index is 4840. The van der Waals surface area contributed by atoms with Crippen LogP contribution in [-0.2, 0) is 9.13 Å². The predicted octanol–water partition coefficient (Wildman–Crippen LogP) is 15.7. The Kier molecular flexibility index (Phi) is 13.3. The molecule has 0 N–H and O–H groups in total. The first-order valence-corrected chi connectivity index (χ1v) is 33.5. The largest absolute Gasteiger partial charge is 0.454 e. The van der Waals surface area contributed by atoms with Crippen LogP contribution in [0.25, 0.3) is 0 Å². The number of hydrogen-bond acceptors (Lipinski definition) is 8. The lowest BCUT2D eigenvalue weighted by Gasteiger charge is -2.39. The van der Waals surface area contributed by atoms with E-state index in [-0.39, 0.29) is 0 Å². The van der Waals surface area contributed by atoms with Gasteiger partial charge in [0, 0.05) is 33.4 Å². The van der Waals surface area contributed by atoms with Crippen molar-refractivity contribution in [2.45, 2.75) is 0 Å². The van der Waals surface area contributed by atoms with Gasteiger partial charge >= 0.3 is 0 Å². The lowest BCUT2D eigenvalue weighted by molar-refractivity contribution is 0.437. The molecule has 0 saturated carbocycles. The quantitative estimate of drug-likeness (QED) is 0.110. The van der Waals surface area contributed by atoms with E-state index in [0.717, 1.165) is 33.4 Å². The molecule has 436 valence electrons. The second-order valence-corrected chi connectivity index (χ2v) is 27.4. The highest BCUT2D eigenvalue weighted by Crippen LogP contribution is 2.67. The van der Waals surface area contributed by atoms with E-state index in [1.54, 1.807) is 0 Å². The van der Waals surface area contributed by atoms with Gasteiger partial charge in [0.25, 0.3) is 0 Å². The predicted molar refractivity (Wildman–Crippen MR) is 367 cm³/mol. The van der Waals surface area contributed by atoms with E-state index in [1.165, 1.54) is 0 Å². The van der Waals surface area contributed by atoms with Crippen molar-refractivity contribution in [3.05, 3.63) is 322 Å². The van der Waals surface area contributed by atoms with E-state index in [2.05, 4.69) is 71.0 Å². The van der Waals surface area contributed by atoms with Crippen molar-refractivity contribution < 1.29 is 37.6 Å². The van der Waals surface area contributed by atoms with E-state index in [9.17, 15) is 0 Å². The Morgan fingerprint density at radius 3 is 0.479 bits per heavy atom. The summed E-state index contributed by atoms with van der Waals surface area (Å²) in [5.74, 6) is 44.1. The Labute approximate surface area is 542 Å². The molecule has 0 bridgehead atoms. The standard InChI is InChI=1S/2C42H21O4P/c2*43-47-40-34-25-22-31(19-16-28-10-4-1-5-11-28)37(40)44-35-26-23-32(20-17-29-12-6-2-7-13-29)38(41(35)47)46-36-27-24-33(39(45-34)42(36)47)21-18-30-14-8-3-9-15-30/h2*1-15,22-27H. The molecule has 0 aromatic heterocycles. The van der Waals surface area contributed by atoms with Gasteiger partial charge in [0.05, 0.1) is 33.4 Å². The molecule has 12 aromatic rings. The van der Waals surface area contributed by atoms with Crippen LogP contribution < -0.4 is 60.2 Å². The van der Waals surface area contributed by atoms with Crippen LogP contribution in [0.3, 0.4) is 0 Å². The molecule has 0 amide bonds. The summed E-state index contributed by atoms with van der Waals surface area (Å²) in [5, 5.41) is 2.86. The molecule has 6 aliphatic rings. The number of rotatable bonds is 0. The van der Waals surface area contributed by atoms with Gasteiger partial charge < -0.3 is 37.6 Å². The number of benzene rings is 12. The van der Waals surface area contributed by atoms with E-state index in [0.29, 0.717) is 134 Å². The SMILES string of the molecule is O=P12c3c4ccc(C#Cc5ccccc5)c3Oc3ccc(C#Cc5ccccc5)c(c31)Oc1ccc(C#Cc3ccccc3)c(c12)O4.O=P12c3c4ccc(C#Cc5ccccc5)c3Oc3ccc(C#Cc5ccccc5)c(c31)Oc1ccc(C#Cc3ccccc3)c(c12)O4. The number of ether oxygens (including phenoxy) is 6. The third kappa shape index (κ3) is 9.40. The second kappa shape index (κ2) is 22.6. The van der Waals surface area contributed by atoms with Crippen LogP contribution >= 0.6 is 14.3 Å². The highest BCUT2D eigenvalue weighted by molar-refractivity contribution is 7.87. The first kappa shape index (κ1) is 55.3. The zero-order chi connectivity index (χ0) is 62.7. The maximum Gasteiger partial charge on any atom is 0.193 e. The fourth-order valence-electron chi connectivity index (χ4n) is 12.1. The summed E-state index contributed by atoms with van der Waals surface area (Å²) in [4.78, 5) is 0. The average Bonchev–Trinajstić information content (AvgIpc) is 0.684. The van der Waals surface area contributed by atoms with Gasteiger partial charge in [-0.2, -0.15) is 0 Å². The highest BCUT2D eigenvalue weighted by atomic mass is 31.2. The highest BCUT2D eigenvalue weighted by Gasteiger charge is 2.56. The van der Waals surface area contributed by atoms with Crippen molar-refractivity contribution >= 4 is 46.1 Å². The molecule has 18 rings (SSSR count). The molecule has 0 spiro atoms. The van der Waals surface area contributed by atoms with Gasteiger partial charge in [0.15, 0.2) is 48.8 Å². The van der Waals surface area contributed by atoms with E-state index in [1.807, 2.05) is 255 Å². The lowest BCUT2D eigenvalue weighted by Crippen LogP contribution is -2.39. The maximum absolute atomic E-state index is 16.1. The number of hydrogen-bond donors (Lipinski definition) is 0. The molecule has 94 heavy (non-hydrogen) atoms. The van der Waals surface area contributed by atoms with Crippen LogP contribution in [0, 0.1) is 71.0 Å². The Balaban J connectivity index is 0.000000143.